The monoisotopic (exact) mass is 221 g/mol. The van der Waals surface area contributed by atoms with E-state index in [0.29, 0.717) is 12.0 Å². The SMILES string of the molecule is CCNc1nccc(NC2CCN(C)C2)n1. The van der Waals surface area contributed by atoms with E-state index in [1.165, 1.54) is 6.42 Å². The predicted molar refractivity (Wildman–Crippen MR) is 65.7 cm³/mol. The van der Waals surface area contributed by atoms with E-state index in [1.54, 1.807) is 6.20 Å². The quantitative estimate of drug-likeness (QED) is 0.795. The molecule has 2 rings (SSSR count). The highest BCUT2D eigenvalue weighted by atomic mass is 15.2. The van der Waals surface area contributed by atoms with Crippen LogP contribution in [0.4, 0.5) is 11.8 Å². The van der Waals surface area contributed by atoms with Crippen molar-refractivity contribution < 1.29 is 0 Å². The predicted octanol–water partition coefficient (Wildman–Crippen LogP) is 1.02. The highest BCUT2D eigenvalue weighted by molar-refractivity contribution is 5.40. The zero-order chi connectivity index (χ0) is 11.4. The van der Waals surface area contributed by atoms with E-state index in [0.717, 1.165) is 25.5 Å². The van der Waals surface area contributed by atoms with E-state index >= 15 is 0 Å². The minimum atomic E-state index is 0.509. The molecular weight excluding hydrogens is 202 g/mol. The third kappa shape index (κ3) is 2.82. The summed E-state index contributed by atoms with van der Waals surface area (Å²) >= 11 is 0. The Morgan fingerprint density at radius 1 is 1.56 bits per heavy atom. The van der Waals surface area contributed by atoms with Crippen LogP contribution < -0.4 is 10.6 Å². The molecule has 1 aliphatic heterocycles. The van der Waals surface area contributed by atoms with Crippen molar-refractivity contribution >= 4 is 11.8 Å². The molecule has 1 unspecified atom stereocenters. The fourth-order valence-electron chi connectivity index (χ4n) is 1.94. The molecule has 0 spiro atoms. The van der Waals surface area contributed by atoms with Gasteiger partial charge < -0.3 is 15.5 Å². The number of anilines is 2. The first kappa shape index (κ1) is 11.1. The van der Waals surface area contributed by atoms with E-state index in [-0.39, 0.29) is 0 Å². The minimum Gasteiger partial charge on any atom is -0.366 e. The van der Waals surface area contributed by atoms with Gasteiger partial charge in [0.05, 0.1) is 0 Å². The topological polar surface area (TPSA) is 53.1 Å². The minimum absolute atomic E-state index is 0.509. The molecule has 2 N–H and O–H groups in total. The van der Waals surface area contributed by atoms with Crippen molar-refractivity contribution in [2.24, 2.45) is 0 Å². The molecule has 0 aromatic carbocycles. The second kappa shape index (κ2) is 5.12. The molecule has 1 aromatic heterocycles. The molecule has 0 aliphatic carbocycles. The molecule has 5 heteroatoms. The molecule has 2 heterocycles. The standard InChI is InChI=1S/C11H19N5/c1-3-12-11-13-6-4-10(15-11)14-9-5-7-16(2)8-9/h4,6,9H,3,5,7-8H2,1-2H3,(H2,12,13,14,15). The first-order valence-electron chi connectivity index (χ1n) is 5.80. The van der Waals surface area contributed by atoms with Crippen LogP contribution in [0.5, 0.6) is 0 Å². The van der Waals surface area contributed by atoms with Crippen LogP contribution in [-0.4, -0.2) is 47.6 Å². The lowest BCUT2D eigenvalue weighted by atomic mass is 10.2. The molecule has 1 fully saturated rings. The second-order valence-electron chi connectivity index (χ2n) is 4.19. The van der Waals surface area contributed by atoms with E-state index < -0.39 is 0 Å². The summed E-state index contributed by atoms with van der Waals surface area (Å²) in [6, 6.07) is 2.42. The molecule has 1 saturated heterocycles. The summed E-state index contributed by atoms with van der Waals surface area (Å²) in [5.41, 5.74) is 0. The van der Waals surface area contributed by atoms with Crippen LogP contribution in [0.3, 0.4) is 0 Å². The third-order valence-electron chi connectivity index (χ3n) is 2.73. The van der Waals surface area contributed by atoms with Crippen molar-refractivity contribution in [3.05, 3.63) is 12.3 Å². The maximum atomic E-state index is 4.40. The van der Waals surface area contributed by atoms with Crippen LogP contribution in [0.25, 0.3) is 0 Å². The Bertz CT molecular complexity index is 341. The van der Waals surface area contributed by atoms with Gasteiger partial charge in [0.15, 0.2) is 0 Å². The summed E-state index contributed by atoms with van der Waals surface area (Å²) < 4.78 is 0. The molecule has 0 bridgehead atoms. The molecule has 0 saturated carbocycles. The van der Waals surface area contributed by atoms with Gasteiger partial charge in [0.1, 0.15) is 5.82 Å². The number of rotatable bonds is 4. The van der Waals surface area contributed by atoms with Gasteiger partial charge >= 0.3 is 0 Å². The molecule has 0 radical (unpaired) electrons. The number of nitrogens with one attached hydrogen (secondary N) is 2. The first-order chi connectivity index (χ1) is 7.78. The van der Waals surface area contributed by atoms with Gasteiger partial charge in [-0.2, -0.15) is 4.98 Å². The first-order valence-corrected chi connectivity index (χ1v) is 5.80. The third-order valence-corrected chi connectivity index (χ3v) is 2.73. The van der Waals surface area contributed by atoms with Crippen LogP contribution in [0.1, 0.15) is 13.3 Å². The molecule has 1 aromatic rings. The zero-order valence-corrected chi connectivity index (χ0v) is 9.90. The second-order valence-corrected chi connectivity index (χ2v) is 4.19. The van der Waals surface area contributed by atoms with Crippen LogP contribution >= 0.6 is 0 Å². The molecule has 88 valence electrons. The Kier molecular flexibility index (Phi) is 3.56. The van der Waals surface area contributed by atoms with Crippen LogP contribution in [-0.2, 0) is 0 Å². The van der Waals surface area contributed by atoms with Crippen molar-refractivity contribution in [2.75, 3.05) is 37.3 Å². The summed E-state index contributed by atoms with van der Waals surface area (Å²) in [5.74, 6) is 1.60. The summed E-state index contributed by atoms with van der Waals surface area (Å²) in [6.45, 7) is 5.12. The number of likely N-dealkylation sites (tertiary alicyclic amines) is 1. The average Bonchev–Trinajstić information content (AvgIpc) is 2.65. The lowest BCUT2D eigenvalue weighted by molar-refractivity contribution is 0.414. The number of hydrogen-bond donors (Lipinski definition) is 2. The summed E-state index contributed by atoms with van der Waals surface area (Å²) in [6.07, 6.45) is 2.96. The maximum absolute atomic E-state index is 4.40. The Morgan fingerprint density at radius 2 is 2.44 bits per heavy atom. The van der Waals surface area contributed by atoms with Gasteiger partial charge in [-0.25, -0.2) is 4.98 Å². The van der Waals surface area contributed by atoms with Gasteiger partial charge in [-0.1, -0.05) is 0 Å². The lowest BCUT2D eigenvalue weighted by Crippen LogP contribution is -2.24. The van der Waals surface area contributed by atoms with Gasteiger partial charge in [0, 0.05) is 25.3 Å². The van der Waals surface area contributed by atoms with Crippen molar-refractivity contribution in [1.29, 1.82) is 0 Å². The summed E-state index contributed by atoms with van der Waals surface area (Å²) in [5, 5.41) is 6.55. The van der Waals surface area contributed by atoms with Gasteiger partial charge in [-0.15, -0.1) is 0 Å². The van der Waals surface area contributed by atoms with E-state index in [1.807, 2.05) is 13.0 Å². The Morgan fingerprint density at radius 3 is 3.12 bits per heavy atom. The summed E-state index contributed by atoms with van der Waals surface area (Å²) in [4.78, 5) is 10.9. The fourth-order valence-corrected chi connectivity index (χ4v) is 1.94. The van der Waals surface area contributed by atoms with Crippen LogP contribution in [0.2, 0.25) is 0 Å². The smallest absolute Gasteiger partial charge is 0.224 e. The van der Waals surface area contributed by atoms with Crippen LogP contribution in [0.15, 0.2) is 12.3 Å². The lowest BCUT2D eigenvalue weighted by Gasteiger charge is -2.13. The van der Waals surface area contributed by atoms with Gasteiger partial charge in [0.2, 0.25) is 5.95 Å². The van der Waals surface area contributed by atoms with Crippen LogP contribution in [0, 0.1) is 0 Å². The Balaban J connectivity index is 1.95. The molecule has 1 atom stereocenters. The van der Waals surface area contributed by atoms with Gasteiger partial charge in [-0.3, -0.25) is 0 Å². The Labute approximate surface area is 96.3 Å². The highest BCUT2D eigenvalue weighted by Crippen LogP contribution is 2.13. The molecule has 16 heavy (non-hydrogen) atoms. The number of hydrogen-bond acceptors (Lipinski definition) is 5. The van der Waals surface area contributed by atoms with E-state index in [2.05, 4.69) is 32.5 Å². The van der Waals surface area contributed by atoms with E-state index in [9.17, 15) is 0 Å². The van der Waals surface area contributed by atoms with Crippen molar-refractivity contribution in [3.63, 3.8) is 0 Å². The number of aromatic nitrogens is 2. The molecule has 1 aliphatic rings. The van der Waals surface area contributed by atoms with Crippen molar-refractivity contribution in [2.45, 2.75) is 19.4 Å². The van der Waals surface area contributed by atoms with Crippen molar-refractivity contribution in [1.82, 2.24) is 14.9 Å². The molecular formula is C11H19N5. The van der Waals surface area contributed by atoms with E-state index in [4.69, 9.17) is 0 Å². The fraction of sp³-hybridized carbons (Fsp3) is 0.636. The summed E-state index contributed by atoms with van der Waals surface area (Å²) in [7, 11) is 2.14. The zero-order valence-electron chi connectivity index (χ0n) is 9.90. The molecule has 5 nitrogen and oxygen atoms in total. The highest BCUT2D eigenvalue weighted by Gasteiger charge is 2.19. The normalized spacial score (nSPS) is 21.0. The Hall–Kier alpha value is -1.36. The van der Waals surface area contributed by atoms with Gasteiger partial charge in [0.25, 0.3) is 0 Å². The molecule has 0 amide bonds. The maximum Gasteiger partial charge on any atom is 0.224 e. The van der Waals surface area contributed by atoms with Crippen molar-refractivity contribution in [3.8, 4) is 0 Å². The number of nitrogens with zero attached hydrogens (tertiary/aromatic N) is 3. The van der Waals surface area contributed by atoms with Gasteiger partial charge in [-0.05, 0) is 33.0 Å². The largest absolute Gasteiger partial charge is 0.366 e. The average molecular weight is 221 g/mol. The number of likely N-dealkylation sites (N-methyl/N-ethyl adjacent to an activating group) is 1.